The van der Waals surface area contributed by atoms with Gasteiger partial charge in [-0.3, -0.25) is 0 Å². The number of hydrogen-bond donors (Lipinski definition) is 4. The number of benzene rings is 4. The molecule has 4 heteroatoms. The van der Waals surface area contributed by atoms with E-state index in [2.05, 4.69) is 102 Å². The number of aliphatic hydroxyl groups is 2. The van der Waals surface area contributed by atoms with Gasteiger partial charge in [0.05, 0.1) is 5.60 Å². The Kier molecular flexibility index (Phi) is 13.8. The van der Waals surface area contributed by atoms with Crippen molar-refractivity contribution in [2.75, 3.05) is 0 Å². The van der Waals surface area contributed by atoms with E-state index in [1.165, 1.54) is 27.8 Å². The molecule has 278 valence electrons. The minimum absolute atomic E-state index is 0.0677. The van der Waals surface area contributed by atoms with Gasteiger partial charge in [0.2, 0.25) is 0 Å². The Hall–Kier alpha value is -4.30. The van der Waals surface area contributed by atoms with Gasteiger partial charge in [-0.25, -0.2) is 0 Å². The summed E-state index contributed by atoms with van der Waals surface area (Å²) in [4.78, 5) is 0. The summed E-state index contributed by atoms with van der Waals surface area (Å²) in [7, 11) is 0. The fourth-order valence-corrected chi connectivity index (χ4v) is 7.15. The zero-order valence-corrected chi connectivity index (χ0v) is 33.7. The van der Waals surface area contributed by atoms with Crippen LogP contribution in [-0.4, -0.2) is 31.6 Å². The molecule has 0 saturated heterocycles. The van der Waals surface area contributed by atoms with E-state index in [4.69, 9.17) is 0 Å². The summed E-state index contributed by atoms with van der Waals surface area (Å²) < 4.78 is 0. The van der Waals surface area contributed by atoms with E-state index >= 15 is 0 Å². The smallest absolute Gasteiger partial charge is 0.120 e. The monoisotopic (exact) mass is 702 g/mol. The molecule has 0 spiro atoms. The topological polar surface area (TPSA) is 80.9 Å². The molecule has 0 aliphatic carbocycles. The fraction of sp³-hybridized carbons (Fsp3) is 0.417. The summed E-state index contributed by atoms with van der Waals surface area (Å²) in [6.07, 6.45) is 7.75. The first-order valence-electron chi connectivity index (χ1n) is 18.7. The van der Waals surface area contributed by atoms with Crippen molar-refractivity contribution in [3.8, 4) is 23.3 Å². The van der Waals surface area contributed by atoms with Gasteiger partial charge in [-0.15, -0.1) is 0 Å². The van der Waals surface area contributed by atoms with Crippen LogP contribution in [0.2, 0.25) is 0 Å². The van der Waals surface area contributed by atoms with E-state index in [0.717, 1.165) is 53.5 Å². The molecule has 4 aromatic rings. The summed E-state index contributed by atoms with van der Waals surface area (Å²) in [5.41, 5.74) is 9.26. The molecule has 4 N–H and O–H groups in total. The van der Waals surface area contributed by atoms with Crippen LogP contribution in [-0.2, 0) is 10.8 Å². The number of aryl methyl sites for hydroxylation is 4. The van der Waals surface area contributed by atoms with E-state index in [1.807, 2.05) is 38.1 Å². The van der Waals surface area contributed by atoms with Crippen molar-refractivity contribution >= 4 is 6.08 Å². The van der Waals surface area contributed by atoms with Crippen molar-refractivity contribution in [1.82, 2.24) is 0 Å². The Labute approximate surface area is 314 Å². The van der Waals surface area contributed by atoms with E-state index in [-0.39, 0.29) is 10.8 Å². The summed E-state index contributed by atoms with van der Waals surface area (Å²) in [6.45, 7) is 23.9. The third-order valence-electron chi connectivity index (χ3n) is 10.7. The number of hydrogen-bond acceptors (Lipinski definition) is 4. The molecule has 0 atom stereocenters. The second kappa shape index (κ2) is 17.0. The number of rotatable bonds is 10. The lowest BCUT2D eigenvalue weighted by atomic mass is 9.70. The molecule has 0 radical (unpaired) electrons. The third kappa shape index (κ3) is 9.97. The van der Waals surface area contributed by atoms with Gasteiger partial charge in [0.25, 0.3) is 0 Å². The average molecular weight is 703 g/mol. The molecule has 4 nitrogen and oxygen atoms in total. The minimum atomic E-state index is -0.995. The largest absolute Gasteiger partial charge is 0.508 e. The van der Waals surface area contributed by atoms with Crippen LogP contribution in [0.3, 0.4) is 0 Å². The second-order valence-electron chi connectivity index (χ2n) is 15.5. The number of phenolic OH excluding ortho intramolecular Hbond substituents is 2. The average Bonchev–Trinajstić information content (AvgIpc) is 3.08. The Morgan fingerprint density at radius 1 is 0.538 bits per heavy atom. The van der Waals surface area contributed by atoms with Gasteiger partial charge < -0.3 is 20.4 Å². The lowest BCUT2D eigenvalue weighted by Gasteiger charge is -2.34. The van der Waals surface area contributed by atoms with Crippen molar-refractivity contribution in [2.45, 2.75) is 131 Å². The molecule has 0 bridgehead atoms. The normalized spacial score (nSPS) is 12.3. The van der Waals surface area contributed by atoms with E-state index in [0.29, 0.717) is 11.5 Å². The van der Waals surface area contributed by atoms with Crippen LogP contribution < -0.4 is 0 Å². The molecule has 52 heavy (non-hydrogen) atoms. The van der Waals surface area contributed by atoms with Gasteiger partial charge in [0, 0.05) is 16.4 Å². The first kappa shape index (κ1) is 42.1. The second-order valence-corrected chi connectivity index (χ2v) is 15.5. The van der Waals surface area contributed by atoms with Gasteiger partial charge in [-0.2, -0.15) is 0 Å². The molecule has 0 fully saturated rings. The fourth-order valence-electron chi connectivity index (χ4n) is 7.15. The summed E-state index contributed by atoms with van der Waals surface area (Å²) in [5.74, 6) is 6.66. The molecule has 0 aliphatic rings. The van der Waals surface area contributed by atoms with Crippen LogP contribution in [0.1, 0.15) is 137 Å². The minimum Gasteiger partial charge on any atom is -0.508 e. The zero-order valence-electron chi connectivity index (χ0n) is 33.7. The third-order valence-corrected chi connectivity index (χ3v) is 10.7. The Bertz CT molecular complexity index is 1910. The van der Waals surface area contributed by atoms with Crippen molar-refractivity contribution in [1.29, 1.82) is 0 Å². The highest BCUT2D eigenvalue weighted by Gasteiger charge is 2.32. The molecular weight excluding hydrogens is 641 g/mol. The van der Waals surface area contributed by atoms with Gasteiger partial charge in [0.15, 0.2) is 0 Å². The highest BCUT2D eigenvalue weighted by molar-refractivity contribution is 5.57. The molecule has 0 aliphatic heterocycles. The Morgan fingerprint density at radius 3 is 1.27 bits per heavy atom. The van der Waals surface area contributed by atoms with Crippen LogP contribution in [0.4, 0.5) is 0 Å². The molecule has 4 rings (SSSR count). The van der Waals surface area contributed by atoms with E-state index < -0.39 is 11.2 Å². The predicted octanol–water partition coefficient (Wildman–Crippen LogP) is 11.1. The summed E-state index contributed by atoms with van der Waals surface area (Å²) in [5, 5.41) is 39.6. The molecule has 0 heterocycles. The van der Waals surface area contributed by atoms with E-state index in [1.54, 1.807) is 39.8 Å². The van der Waals surface area contributed by atoms with Crippen LogP contribution in [0.15, 0.2) is 78.9 Å². The molecule has 0 saturated carbocycles. The van der Waals surface area contributed by atoms with Gasteiger partial charge >= 0.3 is 0 Å². The van der Waals surface area contributed by atoms with Crippen LogP contribution in [0.25, 0.3) is 6.08 Å². The summed E-state index contributed by atoms with van der Waals surface area (Å²) in [6, 6.07) is 24.9. The first-order chi connectivity index (χ1) is 24.3. The standard InChI is InChI=1S/C24H32O2.C24H30O2/c2*1-7-24(8-2,21-11-12-22(25)18(4)16-21)20-10-9-19(17(3)15-20)13-14-23(5,6)26/h9-16,25-26H,7-8H2,1-6H3;9-12,15-16,25-26H,7-8H2,1-6H3/b14-13+;. The van der Waals surface area contributed by atoms with Crippen molar-refractivity contribution in [2.24, 2.45) is 0 Å². The maximum absolute atomic E-state index is 9.92. The maximum Gasteiger partial charge on any atom is 0.120 e. The van der Waals surface area contributed by atoms with Crippen LogP contribution in [0, 0.1) is 39.5 Å². The zero-order chi connectivity index (χ0) is 39.1. The number of phenols is 2. The lowest BCUT2D eigenvalue weighted by molar-refractivity contribution is 0.134. The molecule has 0 aromatic heterocycles. The van der Waals surface area contributed by atoms with Crippen LogP contribution in [0.5, 0.6) is 11.5 Å². The van der Waals surface area contributed by atoms with Gasteiger partial charge in [0.1, 0.15) is 17.1 Å². The Morgan fingerprint density at radius 2 is 0.923 bits per heavy atom. The quantitative estimate of drug-likeness (QED) is 0.124. The molecular formula is C48H62O4. The SMILES string of the molecule is CCC(CC)(c1ccc(O)c(C)c1)c1ccc(/C=C/C(C)(C)O)c(C)c1.CCC(CC)(c1ccc(O)c(C)c1)c1ccc(C#CC(C)(C)O)c(C)c1. The number of aromatic hydroxyl groups is 2. The van der Waals surface area contributed by atoms with Gasteiger partial charge in [-0.05, 0) is 149 Å². The first-order valence-corrected chi connectivity index (χ1v) is 18.7. The molecule has 0 amide bonds. The van der Waals surface area contributed by atoms with Crippen LogP contribution >= 0.6 is 0 Å². The molecule has 0 unspecified atom stereocenters. The summed E-state index contributed by atoms with van der Waals surface area (Å²) >= 11 is 0. The van der Waals surface area contributed by atoms with Crippen molar-refractivity contribution in [3.05, 3.63) is 135 Å². The van der Waals surface area contributed by atoms with Crippen molar-refractivity contribution < 1.29 is 20.4 Å². The van der Waals surface area contributed by atoms with Gasteiger partial charge in [-0.1, -0.05) is 106 Å². The Balaban J connectivity index is 0.000000280. The molecule has 4 aromatic carbocycles. The lowest BCUT2D eigenvalue weighted by Crippen LogP contribution is -2.26. The highest BCUT2D eigenvalue weighted by Crippen LogP contribution is 2.42. The predicted molar refractivity (Wildman–Crippen MR) is 219 cm³/mol. The maximum atomic E-state index is 9.92. The highest BCUT2D eigenvalue weighted by atomic mass is 16.3. The van der Waals surface area contributed by atoms with E-state index in [9.17, 15) is 20.4 Å². The van der Waals surface area contributed by atoms with Crippen molar-refractivity contribution in [3.63, 3.8) is 0 Å².